The summed E-state index contributed by atoms with van der Waals surface area (Å²) in [7, 11) is 0. The maximum absolute atomic E-state index is 12.9. The minimum absolute atomic E-state index is 0.00195. The van der Waals surface area contributed by atoms with Crippen LogP contribution in [0.2, 0.25) is 0 Å². The second kappa shape index (κ2) is 14.9. The van der Waals surface area contributed by atoms with E-state index >= 15 is 0 Å². The van der Waals surface area contributed by atoms with Gasteiger partial charge < -0.3 is 30.1 Å². The number of hydrogen-bond donors (Lipinski definition) is 3. The van der Waals surface area contributed by atoms with Gasteiger partial charge in [0.25, 0.3) is 11.8 Å². The number of carboxylic acid groups (broad SMARTS) is 1. The van der Waals surface area contributed by atoms with E-state index in [9.17, 15) is 28.8 Å². The number of hydrogen-bond acceptors (Lipinski definition) is 8. The number of carbonyl (C=O) groups excluding carboxylic acids is 5. The minimum atomic E-state index is -1.05. The molecule has 0 saturated carbocycles. The van der Waals surface area contributed by atoms with Gasteiger partial charge in [0, 0.05) is 44.7 Å². The summed E-state index contributed by atoms with van der Waals surface area (Å²) in [5, 5.41) is 13.9. The monoisotopic (exact) mass is 566 g/mol. The summed E-state index contributed by atoms with van der Waals surface area (Å²) in [5.41, 5.74) is -1.47. The highest BCUT2D eigenvalue weighted by Gasteiger charge is 2.47. The van der Waals surface area contributed by atoms with Gasteiger partial charge in [0.15, 0.2) is 0 Å². The standard InChI is InChI=1S/C27H42N4O9/c1-19(2)10-14-39-26(3,4)11-7-22(34)30-17-27(18-30,40-15-21(33)28-12-8-25(37)38)16-29-20(32)9-13-31-23(35)5-6-24(31)36/h5-6,19H,7-18H2,1-4H3,(H,28,33)(H,29,32)(H,37,38). The van der Waals surface area contributed by atoms with Crippen molar-refractivity contribution in [3.05, 3.63) is 12.2 Å². The summed E-state index contributed by atoms with van der Waals surface area (Å²) < 4.78 is 11.8. The van der Waals surface area contributed by atoms with E-state index in [0.717, 1.165) is 23.5 Å². The Hall–Kier alpha value is -3.32. The lowest BCUT2D eigenvalue weighted by molar-refractivity contribution is -0.172. The van der Waals surface area contributed by atoms with Gasteiger partial charge in [-0.2, -0.15) is 0 Å². The molecule has 0 atom stereocenters. The van der Waals surface area contributed by atoms with Gasteiger partial charge in [-0.1, -0.05) is 13.8 Å². The van der Waals surface area contributed by atoms with Gasteiger partial charge in [-0.3, -0.25) is 33.7 Å². The zero-order chi connectivity index (χ0) is 29.9. The van der Waals surface area contributed by atoms with Crippen molar-refractivity contribution in [3.8, 4) is 0 Å². The quantitative estimate of drug-likeness (QED) is 0.196. The number of rotatable bonds is 18. The Morgan fingerprint density at radius 3 is 2.27 bits per heavy atom. The van der Waals surface area contributed by atoms with Crippen LogP contribution in [0.4, 0.5) is 0 Å². The first-order chi connectivity index (χ1) is 18.7. The number of likely N-dealkylation sites (tertiary alicyclic amines) is 1. The van der Waals surface area contributed by atoms with Crippen LogP contribution in [-0.2, 0) is 38.2 Å². The van der Waals surface area contributed by atoms with Crippen molar-refractivity contribution in [3.63, 3.8) is 0 Å². The Morgan fingerprint density at radius 2 is 1.68 bits per heavy atom. The molecule has 0 spiro atoms. The van der Waals surface area contributed by atoms with Gasteiger partial charge in [-0.25, -0.2) is 0 Å². The van der Waals surface area contributed by atoms with E-state index in [2.05, 4.69) is 24.5 Å². The van der Waals surface area contributed by atoms with Gasteiger partial charge >= 0.3 is 5.97 Å². The third-order valence-electron chi connectivity index (χ3n) is 6.68. The third-order valence-corrected chi connectivity index (χ3v) is 6.68. The smallest absolute Gasteiger partial charge is 0.305 e. The summed E-state index contributed by atoms with van der Waals surface area (Å²) in [6.45, 7) is 8.54. The maximum atomic E-state index is 12.9. The van der Waals surface area contributed by atoms with Crippen LogP contribution in [0.3, 0.4) is 0 Å². The van der Waals surface area contributed by atoms with Crippen LogP contribution in [0, 0.1) is 5.92 Å². The van der Waals surface area contributed by atoms with Crippen LogP contribution in [0.5, 0.6) is 0 Å². The molecule has 0 unspecified atom stereocenters. The zero-order valence-electron chi connectivity index (χ0n) is 23.8. The Bertz CT molecular complexity index is 968. The highest BCUT2D eigenvalue weighted by atomic mass is 16.5. The Labute approximate surface area is 234 Å². The number of carbonyl (C=O) groups is 6. The summed E-state index contributed by atoms with van der Waals surface area (Å²) >= 11 is 0. The fourth-order valence-corrected chi connectivity index (χ4v) is 4.08. The predicted molar refractivity (Wildman–Crippen MR) is 143 cm³/mol. The molecule has 224 valence electrons. The molecular weight excluding hydrogens is 524 g/mol. The zero-order valence-corrected chi connectivity index (χ0v) is 23.8. The summed E-state index contributed by atoms with van der Waals surface area (Å²) in [4.78, 5) is 74.0. The Balaban J connectivity index is 1.87. The molecule has 1 saturated heterocycles. The molecule has 3 N–H and O–H groups in total. The molecule has 13 heteroatoms. The van der Waals surface area contributed by atoms with E-state index in [4.69, 9.17) is 14.6 Å². The van der Waals surface area contributed by atoms with E-state index in [-0.39, 0.29) is 64.5 Å². The van der Waals surface area contributed by atoms with Crippen molar-refractivity contribution in [2.75, 3.05) is 45.9 Å². The molecule has 0 aromatic carbocycles. The Kier molecular flexibility index (Phi) is 12.2. The molecule has 2 aliphatic heterocycles. The van der Waals surface area contributed by atoms with Crippen LogP contribution in [0.15, 0.2) is 12.2 Å². The number of imide groups is 1. The molecule has 0 bridgehead atoms. The first-order valence-electron chi connectivity index (χ1n) is 13.6. The molecule has 2 aliphatic rings. The molecule has 13 nitrogen and oxygen atoms in total. The summed E-state index contributed by atoms with van der Waals surface area (Å²) in [6.07, 6.45) is 3.66. The molecule has 0 radical (unpaired) electrons. The van der Waals surface area contributed by atoms with Crippen molar-refractivity contribution < 1.29 is 43.3 Å². The van der Waals surface area contributed by atoms with E-state index in [0.29, 0.717) is 18.9 Å². The first-order valence-corrected chi connectivity index (χ1v) is 13.6. The van der Waals surface area contributed by atoms with Crippen LogP contribution < -0.4 is 10.6 Å². The molecular formula is C27H42N4O9. The summed E-state index contributed by atoms with van der Waals surface area (Å²) in [6, 6.07) is 0. The number of nitrogens with one attached hydrogen (secondary N) is 2. The molecule has 2 heterocycles. The van der Waals surface area contributed by atoms with E-state index in [1.54, 1.807) is 4.90 Å². The minimum Gasteiger partial charge on any atom is -0.481 e. The molecule has 40 heavy (non-hydrogen) atoms. The van der Waals surface area contributed by atoms with Crippen LogP contribution in [-0.4, -0.2) is 108 Å². The molecule has 0 aromatic heterocycles. The van der Waals surface area contributed by atoms with E-state index in [1.807, 2.05) is 13.8 Å². The van der Waals surface area contributed by atoms with Crippen molar-refractivity contribution >= 4 is 35.5 Å². The number of amides is 5. The van der Waals surface area contributed by atoms with E-state index in [1.165, 1.54) is 0 Å². The largest absolute Gasteiger partial charge is 0.481 e. The summed E-state index contributed by atoms with van der Waals surface area (Å²) in [5.74, 6) is -2.53. The van der Waals surface area contributed by atoms with Gasteiger partial charge in [0.2, 0.25) is 17.7 Å². The van der Waals surface area contributed by atoms with Crippen LogP contribution >= 0.6 is 0 Å². The fourth-order valence-electron chi connectivity index (χ4n) is 4.08. The molecule has 5 amide bonds. The lowest BCUT2D eigenvalue weighted by Gasteiger charge is -2.49. The lowest BCUT2D eigenvalue weighted by Crippen LogP contribution is -2.69. The first kappa shape index (κ1) is 32.9. The number of ether oxygens (including phenoxy) is 2. The Morgan fingerprint density at radius 1 is 1.02 bits per heavy atom. The van der Waals surface area contributed by atoms with Gasteiger partial charge in [-0.15, -0.1) is 0 Å². The predicted octanol–water partition coefficient (Wildman–Crippen LogP) is 0.228. The van der Waals surface area contributed by atoms with Crippen molar-refractivity contribution in [2.45, 2.75) is 71.0 Å². The highest BCUT2D eigenvalue weighted by Crippen LogP contribution is 2.27. The average Bonchev–Trinajstić information content (AvgIpc) is 3.16. The lowest BCUT2D eigenvalue weighted by atomic mass is 9.92. The SMILES string of the molecule is CC(C)CCOC(C)(C)CCC(=O)N1CC(CNC(=O)CCN2C(=O)C=CC2=O)(OCC(=O)NCCC(=O)O)C1. The maximum Gasteiger partial charge on any atom is 0.305 e. The molecule has 0 aromatic rings. The second-order valence-electron chi connectivity index (χ2n) is 11.2. The highest BCUT2D eigenvalue weighted by molar-refractivity contribution is 6.13. The topological polar surface area (TPSA) is 172 Å². The second-order valence-corrected chi connectivity index (χ2v) is 11.2. The fraction of sp³-hybridized carbons (Fsp3) is 0.704. The van der Waals surface area contributed by atoms with Gasteiger partial charge in [-0.05, 0) is 32.6 Å². The van der Waals surface area contributed by atoms with Crippen molar-refractivity contribution in [2.24, 2.45) is 5.92 Å². The average molecular weight is 567 g/mol. The molecule has 2 rings (SSSR count). The number of aliphatic carboxylic acids is 1. The van der Waals surface area contributed by atoms with Crippen LogP contribution in [0.1, 0.15) is 59.8 Å². The molecule has 0 aliphatic carbocycles. The van der Waals surface area contributed by atoms with Gasteiger partial charge in [0.1, 0.15) is 12.2 Å². The van der Waals surface area contributed by atoms with E-state index < -0.39 is 40.8 Å². The number of nitrogens with zero attached hydrogens (tertiary/aromatic N) is 2. The third kappa shape index (κ3) is 11.0. The number of carboxylic acids is 1. The van der Waals surface area contributed by atoms with Crippen LogP contribution in [0.25, 0.3) is 0 Å². The normalized spacial score (nSPS) is 16.3. The molecule has 1 fully saturated rings. The van der Waals surface area contributed by atoms with Gasteiger partial charge in [0.05, 0.1) is 31.7 Å². The van der Waals surface area contributed by atoms with Crippen molar-refractivity contribution in [1.82, 2.24) is 20.4 Å². The van der Waals surface area contributed by atoms with Crippen molar-refractivity contribution in [1.29, 1.82) is 0 Å².